The maximum atomic E-state index is 12.3. The molecule has 1 heterocycles. The van der Waals surface area contributed by atoms with Crippen LogP contribution in [0.5, 0.6) is 11.5 Å². The summed E-state index contributed by atoms with van der Waals surface area (Å²) in [7, 11) is 1.57. The molecule has 0 fully saturated rings. The lowest BCUT2D eigenvalue weighted by molar-refractivity contribution is -0.0498. The van der Waals surface area contributed by atoms with E-state index in [0.717, 1.165) is 5.69 Å². The van der Waals surface area contributed by atoms with E-state index in [2.05, 4.69) is 20.3 Å². The summed E-state index contributed by atoms with van der Waals surface area (Å²) in [4.78, 5) is 12.3. The highest BCUT2D eigenvalue weighted by Crippen LogP contribution is 2.22. The number of halogens is 2. The number of tetrazole rings is 1. The Labute approximate surface area is 157 Å². The monoisotopic (exact) mass is 392 g/mol. The van der Waals surface area contributed by atoms with E-state index in [9.17, 15) is 13.6 Å². The van der Waals surface area contributed by atoms with Gasteiger partial charge in [-0.15, -0.1) is 5.10 Å². The highest BCUT2D eigenvalue weighted by Gasteiger charge is 2.13. The van der Waals surface area contributed by atoms with Gasteiger partial charge in [0.05, 0.1) is 18.6 Å². The van der Waals surface area contributed by atoms with E-state index in [1.165, 1.54) is 40.7 Å². The zero-order valence-electron chi connectivity index (χ0n) is 14.1. The SMILES string of the molecule is COc1ccc(-n2nnnc2SCC(=O)c2ccc(OC(F)F)cc2)cc1. The summed E-state index contributed by atoms with van der Waals surface area (Å²) in [6, 6.07) is 12.7. The molecule has 0 amide bonds. The molecule has 27 heavy (non-hydrogen) atoms. The lowest BCUT2D eigenvalue weighted by Crippen LogP contribution is -2.06. The minimum Gasteiger partial charge on any atom is -0.497 e. The fraction of sp³-hybridized carbons (Fsp3) is 0.176. The summed E-state index contributed by atoms with van der Waals surface area (Å²) >= 11 is 1.17. The van der Waals surface area contributed by atoms with Crippen LogP contribution in [0.4, 0.5) is 8.78 Å². The van der Waals surface area contributed by atoms with Crippen molar-refractivity contribution >= 4 is 17.5 Å². The number of aromatic nitrogens is 4. The van der Waals surface area contributed by atoms with E-state index < -0.39 is 6.61 Å². The fourth-order valence-electron chi connectivity index (χ4n) is 2.19. The second-order valence-corrected chi connectivity index (χ2v) is 6.13. The van der Waals surface area contributed by atoms with Gasteiger partial charge in [-0.05, 0) is 59.0 Å². The van der Waals surface area contributed by atoms with Crippen molar-refractivity contribution in [2.45, 2.75) is 11.8 Å². The van der Waals surface area contributed by atoms with Gasteiger partial charge in [0.15, 0.2) is 5.78 Å². The summed E-state index contributed by atoms with van der Waals surface area (Å²) in [5, 5.41) is 11.9. The van der Waals surface area contributed by atoms with Gasteiger partial charge >= 0.3 is 6.61 Å². The number of benzene rings is 2. The number of hydrogen-bond donors (Lipinski definition) is 0. The zero-order chi connectivity index (χ0) is 19.2. The number of ketones is 1. The molecule has 0 atom stereocenters. The van der Waals surface area contributed by atoms with Gasteiger partial charge in [-0.25, -0.2) is 0 Å². The van der Waals surface area contributed by atoms with Gasteiger partial charge in [0.1, 0.15) is 11.5 Å². The van der Waals surface area contributed by atoms with Gasteiger partial charge in [0, 0.05) is 5.56 Å². The van der Waals surface area contributed by atoms with Crippen LogP contribution in [0.3, 0.4) is 0 Å². The van der Waals surface area contributed by atoms with Gasteiger partial charge in [-0.2, -0.15) is 13.5 Å². The van der Waals surface area contributed by atoms with Crippen molar-refractivity contribution in [2.75, 3.05) is 12.9 Å². The zero-order valence-corrected chi connectivity index (χ0v) is 14.9. The Bertz CT molecular complexity index is 901. The maximum absolute atomic E-state index is 12.3. The fourth-order valence-corrected chi connectivity index (χ4v) is 2.98. The Morgan fingerprint density at radius 2 is 1.78 bits per heavy atom. The number of ether oxygens (including phenoxy) is 2. The van der Waals surface area contributed by atoms with E-state index in [0.29, 0.717) is 16.5 Å². The van der Waals surface area contributed by atoms with E-state index >= 15 is 0 Å². The Morgan fingerprint density at radius 1 is 1.11 bits per heavy atom. The number of carbonyl (C=O) groups excluding carboxylic acids is 1. The van der Waals surface area contributed by atoms with E-state index in [1.807, 2.05) is 0 Å². The lowest BCUT2D eigenvalue weighted by atomic mass is 10.1. The quantitative estimate of drug-likeness (QED) is 0.430. The average molecular weight is 392 g/mol. The molecular weight excluding hydrogens is 378 g/mol. The third kappa shape index (κ3) is 4.79. The van der Waals surface area contributed by atoms with Crippen LogP contribution in [0.25, 0.3) is 5.69 Å². The molecular formula is C17H14F2N4O3S. The van der Waals surface area contributed by atoms with Gasteiger partial charge in [-0.3, -0.25) is 4.79 Å². The summed E-state index contributed by atoms with van der Waals surface area (Å²) in [6.45, 7) is -2.90. The van der Waals surface area contributed by atoms with Crippen molar-refractivity contribution in [3.63, 3.8) is 0 Å². The molecule has 0 radical (unpaired) electrons. The van der Waals surface area contributed by atoms with Crippen LogP contribution < -0.4 is 9.47 Å². The maximum Gasteiger partial charge on any atom is 0.387 e. The average Bonchev–Trinajstić information content (AvgIpc) is 3.15. The summed E-state index contributed by atoms with van der Waals surface area (Å²) in [5.41, 5.74) is 1.11. The predicted octanol–water partition coefficient (Wildman–Crippen LogP) is 3.25. The van der Waals surface area contributed by atoms with Crippen LogP contribution in [-0.2, 0) is 0 Å². The van der Waals surface area contributed by atoms with Crippen molar-refractivity contribution in [1.29, 1.82) is 0 Å². The first kappa shape index (κ1) is 18.8. The molecule has 0 saturated carbocycles. The molecule has 0 aliphatic rings. The second kappa shape index (κ2) is 8.58. The number of Topliss-reactive ketones (excluding diaryl/α,β-unsaturated/α-hetero) is 1. The lowest BCUT2D eigenvalue weighted by Gasteiger charge is -2.06. The molecule has 10 heteroatoms. The smallest absolute Gasteiger partial charge is 0.387 e. The molecule has 1 aromatic heterocycles. The Kier molecular flexibility index (Phi) is 5.97. The third-order valence-electron chi connectivity index (χ3n) is 3.49. The topological polar surface area (TPSA) is 79.1 Å². The van der Waals surface area contributed by atoms with Crippen LogP contribution in [-0.4, -0.2) is 45.5 Å². The molecule has 0 spiro atoms. The summed E-state index contributed by atoms with van der Waals surface area (Å²) in [5.74, 6) is 0.604. The number of carbonyl (C=O) groups is 1. The molecule has 140 valence electrons. The van der Waals surface area contributed by atoms with E-state index in [4.69, 9.17) is 4.74 Å². The normalized spacial score (nSPS) is 10.8. The Morgan fingerprint density at radius 3 is 2.41 bits per heavy atom. The van der Waals surface area contributed by atoms with Crippen molar-refractivity contribution in [2.24, 2.45) is 0 Å². The van der Waals surface area contributed by atoms with Crippen LogP contribution in [0.15, 0.2) is 53.7 Å². The molecule has 3 rings (SSSR count). The molecule has 0 aliphatic carbocycles. The van der Waals surface area contributed by atoms with Crippen molar-refractivity contribution in [3.05, 3.63) is 54.1 Å². The minimum atomic E-state index is -2.90. The number of rotatable bonds is 8. The first-order valence-corrected chi connectivity index (χ1v) is 8.69. The van der Waals surface area contributed by atoms with Crippen LogP contribution >= 0.6 is 11.8 Å². The van der Waals surface area contributed by atoms with E-state index in [-0.39, 0.29) is 17.3 Å². The van der Waals surface area contributed by atoms with Crippen molar-refractivity contribution < 1.29 is 23.0 Å². The van der Waals surface area contributed by atoms with Gasteiger partial charge in [-0.1, -0.05) is 11.8 Å². The molecule has 3 aromatic rings. The van der Waals surface area contributed by atoms with Crippen LogP contribution in [0.1, 0.15) is 10.4 Å². The largest absolute Gasteiger partial charge is 0.497 e. The third-order valence-corrected chi connectivity index (χ3v) is 4.41. The number of nitrogens with zero attached hydrogens (tertiary/aromatic N) is 4. The first-order valence-electron chi connectivity index (χ1n) is 7.70. The molecule has 0 saturated heterocycles. The molecule has 2 aromatic carbocycles. The first-order chi connectivity index (χ1) is 13.1. The predicted molar refractivity (Wildman–Crippen MR) is 93.8 cm³/mol. The molecule has 0 N–H and O–H groups in total. The number of methoxy groups -OCH3 is 1. The van der Waals surface area contributed by atoms with E-state index in [1.54, 1.807) is 31.4 Å². The van der Waals surface area contributed by atoms with Crippen LogP contribution in [0, 0.1) is 0 Å². The van der Waals surface area contributed by atoms with Gasteiger partial charge in [0.2, 0.25) is 5.16 Å². The highest BCUT2D eigenvalue weighted by atomic mass is 32.2. The second-order valence-electron chi connectivity index (χ2n) is 5.19. The highest BCUT2D eigenvalue weighted by molar-refractivity contribution is 7.99. The summed E-state index contributed by atoms with van der Waals surface area (Å²) in [6.07, 6.45) is 0. The van der Waals surface area contributed by atoms with Crippen molar-refractivity contribution in [1.82, 2.24) is 20.2 Å². The Balaban J connectivity index is 1.65. The number of hydrogen-bond acceptors (Lipinski definition) is 7. The van der Waals surface area contributed by atoms with Crippen molar-refractivity contribution in [3.8, 4) is 17.2 Å². The van der Waals surface area contributed by atoms with Gasteiger partial charge < -0.3 is 9.47 Å². The minimum absolute atomic E-state index is 0.00217. The molecule has 0 unspecified atom stereocenters. The molecule has 0 bridgehead atoms. The number of thioether (sulfide) groups is 1. The summed E-state index contributed by atoms with van der Waals surface area (Å²) < 4.78 is 35.2. The van der Waals surface area contributed by atoms with Crippen LogP contribution in [0.2, 0.25) is 0 Å². The molecule has 0 aliphatic heterocycles. The number of alkyl halides is 2. The molecule has 7 nitrogen and oxygen atoms in total. The standard InChI is InChI=1S/C17H14F2N4O3S/c1-25-13-8-4-12(5-9-13)23-17(20-21-22-23)27-10-15(24)11-2-6-14(7-3-11)26-16(18)19/h2-9,16H,10H2,1H3. The van der Waals surface area contributed by atoms with Gasteiger partial charge in [0.25, 0.3) is 0 Å². The Hall–Kier alpha value is -3.01.